The minimum Gasteiger partial charge on any atom is -0.373 e. The van der Waals surface area contributed by atoms with Crippen LogP contribution in [-0.4, -0.2) is 42.0 Å². The number of ether oxygens (including phenoxy) is 1. The lowest BCUT2D eigenvalue weighted by Gasteiger charge is -2.39. The molecule has 3 heterocycles. The second-order valence-corrected chi connectivity index (χ2v) is 5.09. The van der Waals surface area contributed by atoms with Gasteiger partial charge in [-0.1, -0.05) is 0 Å². The fourth-order valence-electron chi connectivity index (χ4n) is 3.29. The molecule has 3 aliphatic heterocycles. The highest BCUT2D eigenvalue weighted by molar-refractivity contribution is 5.79. The number of hydrogen-bond acceptors (Lipinski definition) is 3. The molecule has 0 aromatic rings. The Balaban J connectivity index is 1.64. The lowest BCUT2D eigenvalue weighted by atomic mass is 9.98. The first-order valence-corrected chi connectivity index (χ1v) is 6.24. The van der Waals surface area contributed by atoms with E-state index in [4.69, 9.17) is 4.74 Å². The van der Waals surface area contributed by atoms with Crippen molar-refractivity contribution in [2.75, 3.05) is 13.1 Å². The minimum atomic E-state index is 0.437. The molecule has 84 valence electrons. The number of ketones is 1. The highest BCUT2D eigenvalue weighted by atomic mass is 16.5. The highest BCUT2D eigenvalue weighted by Gasteiger charge is 2.40. The summed E-state index contributed by atoms with van der Waals surface area (Å²) in [6, 6.07) is 0.608. The van der Waals surface area contributed by atoms with Crippen molar-refractivity contribution >= 4 is 5.78 Å². The van der Waals surface area contributed by atoms with Crippen molar-refractivity contribution < 1.29 is 9.53 Å². The number of nitrogens with zero attached hydrogens (tertiary/aromatic N) is 1. The number of fused-ring (bicyclic) bond motifs is 2. The van der Waals surface area contributed by atoms with Crippen LogP contribution in [0.3, 0.4) is 0 Å². The van der Waals surface area contributed by atoms with Crippen LogP contribution in [0.15, 0.2) is 0 Å². The minimum absolute atomic E-state index is 0.437. The van der Waals surface area contributed by atoms with Crippen LogP contribution < -0.4 is 0 Å². The SMILES string of the molecule is O=C1CCN(C2CCC3CCC2O3)CC1. The zero-order chi connectivity index (χ0) is 10.3. The van der Waals surface area contributed by atoms with Crippen molar-refractivity contribution in [3.8, 4) is 0 Å². The van der Waals surface area contributed by atoms with Gasteiger partial charge in [-0.2, -0.15) is 0 Å². The van der Waals surface area contributed by atoms with Gasteiger partial charge in [0.2, 0.25) is 0 Å². The second kappa shape index (κ2) is 3.87. The Morgan fingerprint density at radius 2 is 1.80 bits per heavy atom. The number of rotatable bonds is 1. The van der Waals surface area contributed by atoms with E-state index in [0.29, 0.717) is 24.0 Å². The number of carbonyl (C=O) groups is 1. The maximum absolute atomic E-state index is 11.2. The summed E-state index contributed by atoms with van der Waals surface area (Å²) in [5.41, 5.74) is 0. The number of hydrogen-bond donors (Lipinski definition) is 0. The molecule has 15 heavy (non-hydrogen) atoms. The zero-order valence-corrected chi connectivity index (χ0v) is 9.15. The van der Waals surface area contributed by atoms with Crippen LogP contribution in [-0.2, 0) is 9.53 Å². The van der Waals surface area contributed by atoms with Crippen molar-refractivity contribution in [3.63, 3.8) is 0 Å². The first kappa shape index (κ1) is 9.79. The largest absolute Gasteiger partial charge is 0.373 e. The molecule has 2 bridgehead atoms. The molecule has 3 fully saturated rings. The zero-order valence-electron chi connectivity index (χ0n) is 9.15. The third-order valence-electron chi connectivity index (χ3n) is 4.18. The Kier molecular flexibility index (Phi) is 2.53. The summed E-state index contributed by atoms with van der Waals surface area (Å²) in [5.74, 6) is 0.437. The predicted molar refractivity (Wildman–Crippen MR) is 56.7 cm³/mol. The first-order valence-electron chi connectivity index (χ1n) is 6.24. The van der Waals surface area contributed by atoms with Gasteiger partial charge < -0.3 is 4.74 Å². The highest BCUT2D eigenvalue weighted by Crippen LogP contribution is 2.35. The van der Waals surface area contributed by atoms with Crippen LogP contribution in [0.25, 0.3) is 0 Å². The predicted octanol–water partition coefficient (Wildman–Crippen LogP) is 1.36. The van der Waals surface area contributed by atoms with Gasteiger partial charge in [-0.3, -0.25) is 9.69 Å². The summed E-state index contributed by atoms with van der Waals surface area (Å²) in [6.45, 7) is 1.93. The molecule has 3 unspecified atom stereocenters. The van der Waals surface area contributed by atoms with Gasteiger partial charge in [0, 0.05) is 32.0 Å². The Morgan fingerprint density at radius 3 is 2.60 bits per heavy atom. The topological polar surface area (TPSA) is 29.5 Å². The third-order valence-corrected chi connectivity index (χ3v) is 4.18. The molecule has 3 nitrogen and oxygen atoms in total. The molecule has 0 aliphatic carbocycles. The van der Waals surface area contributed by atoms with Gasteiger partial charge in [0.1, 0.15) is 5.78 Å². The van der Waals surface area contributed by atoms with E-state index in [1.807, 2.05) is 0 Å². The molecule has 0 N–H and O–H groups in total. The van der Waals surface area contributed by atoms with Gasteiger partial charge in [0.15, 0.2) is 0 Å². The van der Waals surface area contributed by atoms with Gasteiger partial charge in [-0.15, -0.1) is 0 Å². The van der Waals surface area contributed by atoms with Crippen LogP contribution in [0.4, 0.5) is 0 Å². The van der Waals surface area contributed by atoms with E-state index in [0.717, 1.165) is 25.9 Å². The van der Waals surface area contributed by atoms with Crippen LogP contribution in [0.5, 0.6) is 0 Å². The standard InChI is InChI=1S/C12H19NO2/c14-9-5-7-13(8-6-9)11-3-1-10-2-4-12(11)15-10/h10-12H,1-8H2. The lowest BCUT2D eigenvalue weighted by Crippen LogP contribution is -2.49. The number of piperidine rings is 1. The number of likely N-dealkylation sites (tertiary alicyclic amines) is 1. The van der Waals surface area contributed by atoms with E-state index >= 15 is 0 Å². The molecule has 0 amide bonds. The van der Waals surface area contributed by atoms with E-state index in [9.17, 15) is 4.79 Å². The lowest BCUT2D eigenvalue weighted by molar-refractivity contribution is -0.124. The summed E-state index contributed by atoms with van der Waals surface area (Å²) < 4.78 is 5.96. The van der Waals surface area contributed by atoms with Crippen LogP contribution in [0.1, 0.15) is 38.5 Å². The van der Waals surface area contributed by atoms with E-state index in [2.05, 4.69) is 4.90 Å². The van der Waals surface area contributed by atoms with Crippen molar-refractivity contribution in [2.24, 2.45) is 0 Å². The smallest absolute Gasteiger partial charge is 0.135 e. The van der Waals surface area contributed by atoms with Gasteiger partial charge in [-0.05, 0) is 25.7 Å². The molecule has 3 saturated heterocycles. The van der Waals surface area contributed by atoms with Gasteiger partial charge in [0.05, 0.1) is 12.2 Å². The number of Topliss-reactive ketones (excluding diaryl/α,β-unsaturated/α-hetero) is 1. The normalized spacial score (nSPS) is 42.1. The van der Waals surface area contributed by atoms with E-state index in [-0.39, 0.29) is 0 Å². The van der Waals surface area contributed by atoms with Crippen molar-refractivity contribution in [1.29, 1.82) is 0 Å². The summed E-state index contributed by atoms with van der Waals surface area (Å²) >= 11 is 0. The van der Waals surface area contributed by atoms with Crippen molar-refractivity contribution in [3.05, 3.63) is 0 Å². The monoisotopic (exact) mass is 209 g/mol. The molecular weight excluding hydrogens is 190 g/mol. The van der Waals surface area contributed by atoms with Crippen LogP contribution in [0, 0.1) is 0 Å². The summed E-state index contributed by atoms with van der Waals surface area (Å²) in [7, 11) is 0. The van der Waals surface area contributed by atoms with Crippen LogP contribution in [0.2, 0.25) is 0 Å². The molecule has 0 aromatic carbocycles. The first-order chi connectivity index (χ1) is 7.33. The fourth-order valence-corrected chi connectivity index (χ4v) is 3.29. The molecule has 3 rings (SSSR count). The summed E-state index contributed by atoms with van der Waals surface area (Å²) in [6.07, 6.45) is 7.54. The Hall–Kier alpha value is -0.410. The molecule has 0 spiro atoms. The summed E-state index contributed by atoms with van der Waals surface area (Å²) in [5, 5.41) is 0. The number of carbonyl (C=O) groups excluding carboxylic acids is 1. The molecule has 0 aromatic heterocycles. The van der Waals surface area contributed by atoms with E-state index in [1.165, 1.54) is 25.7 Å². The van der Waals surface area contributed by atoms with Crippen molar-refractivity contribution in [2.45, 2.75) is 56.8 Å². The van der Waals surface area contributed by atoms with E-state index in [1.54, 1.807) is 0 Å². The Bertz CT molecular complexity index is 256. The average molecular weight is 209 g/mol. The average Bonchev–Trinajstić information content (AvgIpc) is 2.63. The van der Waals surface area contributed by atoms with Gasteiger partial charge >= 0.3 is 0 Å². The Morgan fingerprint density at radius 1 is 1.07 bits per heavy atom. The van der Waals surface area contributed by atoms with Gasteiger partial charge in [-0.25, -0.2) is 0 Å². The molecule has 3 aliphatic rings. The summed E-state index contributed by atoms with van der Waals surface area (Å²) in [4.78, 5) is 13.7. The third kappa shape index (κ3) is 1.83. The van der Waals surface area contributed by atoms with Gasteiger partial charge in [0.25, 0.3) is 0 Å². The molecule has 0 saturated carbocycles. The maximum atomic E-state index is 11.2. The Labute approximate surface area is 90.8 Å². The molecule has 0 radical (unpaired) electrons. The quantitative estimate of drug-likeness (QED) is 0.653. The molecule has 3 heteroatoms. The fraction of sp³-hybridized carbons (Fsp3) is 0.917. The van der Waals surface area contributed by atoms with Crippen LogP contribution >= 0.6 is 0 Å². The molecular formula is C12H19NO2. The maximum Gasteiger partial charge on any atom is 0.135 e. The van der Waals surface area contributed by atoms with E-state index < -0.39 is 0 Å². The van der Waals surface area contributed by atoms with Crippen molar-refractivity contribution in [1.82, 2.24) is 4.90 Å². The molecule has 3 atom stereocenters. The second-order valence-electron chi connectivity index (χ2n) is 5.09.